The Labute approximate surface area is 133 Å². The number of hydrogen-bond acceptors (Lipinski definition) is 4. The topological polar surface area (TPSA) is 59.5 Å². The third kappa shape index (κ3) is 4.05. The van der Waals surface area contributed by atoms with Crippen LogP contribution in [-0.4, -0.2) is 30.5 Å². The van der Waals surface area contributed by atoms with E-state index in [4.69, 9.17) is 11.6 Å². The molecule has 22 heavy (non-hydrogen) atoms. The Morgan fingerprint density at radius 1 is 1.18 bits per heavy atom. The minimum atomic E-state index is -0.384. The highest BCUT2D eigenvalue weighted by atomic mass is 35.5. The van der Waals surface area contributed by atoms with Crippen LogP contribution >= 0.6 is 11.6 Å². The molecule has 0 aliphatic carbocycles. The summed E-state index contributed by atoms with van der Waals surface area (Å²) < 4.78 is 4.62. The lowest BCUT2D eigenvalue weighted by molar-refractivity contribution is -0.140. The van der Waals surface area contributed by atoms with Crippen molar-refractivity contribution in [3.05, 3.63) is 59.2 Å². The van der Waals surface area contributed by atoms with Crippen molar-refractivity contribution in [3.8, 4) is 0 Å². The summed E-state index contributed by atoms with van der Waals surface area (Å²) in [4.78, 5) is 29.6. The van der Waals surface area contributed by atoms with Crippen LogP contribution in [0.5, 0.6) is 0 Å². The zero-order valence-electron chi connectivity index (χ0n) is 12.0. The van der Waals surface area contributed by atoms with Gasteiger partial charge >= 0.3 is 5.97 Å². The third-order valence-electron chi connectivity index (χ3n) is 3.03. The maximum atomic E-state index is 12.6. The summed E-state index contributed by atoms with van der Waals surface area (Å²) in [5.41, 5.74) is 0.472. The standard InChI is InChI=1S/C16H15ClN2O3/c1-22-15(20)9-11-19(14-4-2-3-10-18-14)16(21)12-5-7-13(17)8-6-12/h2-8,10H,9,11H2,1H3. The van der Waals surface area contributed by atoms with Crippen LogP contribution in [0.3, 0.4) is 0 Å². The first-order chi connectivity index (χ1) is 10.6. The van der Waals surface area contributed by atoms with Gasteiger partial charge in [0, 0.05) is 23.3 Å². The van der Waals surface area contributed by atoms with Crippen LogP contribution in [0.25, 0.3) is 0 Å². The SMILES string of the molecule is COC(=O)CCN(C(=O)c1ccc(Cl)cc1)c1ccccn1. The highest BCUT2D eigenvalue weighted by Gasteiger charge is 2.19. The van der Waals surface area contributed by atoms with E-state index in [9.17, 15) is 9.59 Å². The Morgan fingerprint density at radius 3 is 2.50 bits per heavy atom. The predicted molar refractivity (Wildman–Crippen MR) is 84.0 cm³/mol. The van der Waals surface area contributed by atoms with E-state index in [1.807, 2.05) is 0 Å². The number of amides is 1. The van der Waals surface area contributed by atoms with Gasteiger partial charge in [0.1, 0.15) is 5.82 Å². The van der Waals surface area contributed by atoms with E-state index in [1.54, 1.807) is 48.7 Å². The minimum Gasteiger partial charge on any atom is -0.469 e. The number of aromatic nitrogens is 1. The molecule has 1 aromatic heterocycles. The largest absolute Gasteiger partial charge is 0.469 e. The quantitative estimate of drug-likeness (QED) is 0.795. The maximum absolute atomic E-state index is 12.6. The number of carbonyl (C=O) groups is 2. The fourth-order valence-corrected chi connectivity index (χ4v) is 2.01. The summed E-state index contributed by atoms with van der Waals surface area (Å²) in [7, 11) is 1.31. The van der Waals surface area contributed by atoms with Crippen molar-refractivity contribution in [3.63, 3.8) is 0 Å². The van der Waals surface area contributed by atoms with Gasteiger partial charge in [-0.3, -0.25) is 14.5 Å². The summed E-state index contributed by atoms with van der Waals surface area (Å²) in [5, 5.41) is 0.551. The van der Waals surface area contributed by atoms with Crippen LogP contribution in [-0.2, 0) is 9.53 Å². The van der Waals surface area contributed by atoms with Crippen LogP contribution in [0.4, 0.5) is 5.82 Å². The zero-order chi connectivity index (χ0) is 15.9. The number of ether oxygens (including phenoxy) is 1. The average molecular weight is 319 g/mol. The third-order valence-corrected chi connectivity index (χ3v) is 3.28. The summed E-state index contributed by atoms with van der Waals surface area (Å²) in [5.74, 6) is -0.157. The molecular weight excluding hydrogens is 304 g/mol. The van der Waals surface area contributed by atoms with Gasteiger partial charge in [-0.2, -0.15) is 0 Å². The smallest absolute Gasteiger partial charge is 0.307 e. The molecule has 114 valence electrons. The second-order valence-electron chi connectivity index (χ2n) is 4.48. The Morgan fingerprint density at radius 2 is 1.91 bits per heavy atom. The molecule has 0 N–H and O–H groups in total. The number of esters is 1. The number of nitrogens with zero attached hydrogens (tertiary/aromatic N) is 2. The first-order valence-electron chi connectivity index (χ1n) is 6.67. The van der Waals surface area contributed by atoms with Crippen molar-refractivity contribution in [1.29, 1.82) is 0 Å². The lowest BCUT2D eigenvalue weighted by Crippen LogP contribution is -2.33. The number of benzene rings is 1. The van der Waals surface area contributed by atoms with Gasteiger partial charge in [0.25, 0.3) is 5.91 Å². The van der Waals surface area contributed by atoms with Gasteiger partial charge in [0.05, 0.1) is 13.5 Å². The van der Waals surface area contributed by atoms with Gasteiger partial charge in [-0.25, -0.2) is 4.98 Å². The Balaban J connectivity index is 2.25. The number of carbonyl (C=O) groups excluding carboxylic acids is 2. The van der Waals surface area contributed by atoms with E-state index in [2.05, 4.69) is 9.72 Å². The van der Waals surface area contributed by atoms with Gasteiger partial charge in [0.2, 0.25) is 0 Å². The first-order valence-corrected chi connectivity index (χ1v) is 7.05. The molecule has 0 unspecified atom stereocenters. The Kier molecular flexibility index (Phi) is 5.49. The number of rotatable bonds is 5. The molecule has 0 radical (unpaired) electrons. The van der Waals surface area contributed by atoms with Crippen molar-refractivity contribution >= 4 is 29.3 Å². The summed E-state index contributed by atoms with van der Waals surface area (Å²) >= 11 is 5.84. The fraction of sp³-hybridized carbons (Fsp3) is 0.188. The molecule has 0 aliphatic heterocycles. The zero-order valence-corrected chi connectivity index (χ0v) is 12.8. The van der Waals surface area contributed by atoms with Crippen LogP contribution in [0.2, 0.25) is 5.02 Å². The Bertz CT molecular complexity index is 644. The van der Waals surface area contributed by atoms with Crippen molar-refractivity contribution in [2.45, 2.75) is 6.42 Å². The molecule has 0 atom stereocenters. The number of anilines is 1. The van der Waals surface area contributed by atoms with Crippen molar-refractivity contribution < 1.29 is 14.3 Å². The second-order valence-corrected chi connectivity index (χ2v) is 4.91. The highest BCUT2D eigenvalue weighted by Crippen LogP contribution is 2.16. The predicted octanol–water partition coefficient (Wildman–Crippen LogP) is 2.94. The highest BCUT2D eigenvalue weighted by molar-refractivity contribution is 6.30. The molecule has 6 heteroatoms. The average Bonchev–Trinajstić information content (AvgIpc) is 2.56. The molecule has 0 saturated carbocycles. The fourth-order valence-electron chi connectivity index (χ4n) is 1.89. The minimum absolute atomic E-state index is 0.0897. The molecule has 1 heterocycles. The molecule has 5 nitrogen and oxygen atoms in total. The number of methoxy groups -OCH3 is 1. The molecule has 1 amide bonds. The molecular formula is C16H15ClN2O3. The van der Waals surface area contributed by atoms with E-state index >= 15 is 0 Å². The van der Waals surface area contributed by atoms with Crippen LogP contribution in [0.1, 0.15) is 16.8 Å². The van der Waals surface area contributed by atoms with Crippen LogP contribution in [0, 0.1) is 0 Å². The van der Waals surface area contributed by atoms with E-state index in [0.717, 1.165) is 0 Å². The van der Waals surface area contributed by atoms with E-state index in [-0.39, 0.29) is 24.8 Å². The van der Waals surface area contributed by atoms with E-state index in [1.165, 1.54) is 12.0 Å². The lowest BCUT2D eigenvalue weighted by Gasteiger charge is -2.21. The number of halogens is 1. The van der Waals surface area contributed by atoms with Crippen LogP contribution in [0.15, 0.2) is 48.7 Å². The van der Waals surface area contributed by atoms with Gasteiger partial charge < -0.3 is 4.74 Å². The first kappa shape index (κ1) is 16.0. The normalized spacial score (nSPS) is 10.1. The lowest BCUT2D eigenvalue weighted by atomic mass is 10.2. The van der Waals surface area contributed by atoms with Gasteiger partial charge in [-0.15, -0.1) is 0 Å². The van der Waals surface area contributed by atoms with Gasteiger partial charge in [-0.1, -0.05) is 17.7 Å². The van der Waals surface area contributed by atoms with E-state index in [0.29, 0.717) is 16.4 Å². The van der Waals surface area contributed by atoms with Crippen LogP contribution < -0.4 is 4.90 Å². The Hall–Kier alpha value is -2.40. The molecule has 0 saturated heterocycles. The van der Waals surface area contributed by atoms with Gasteiger partial charge in [0.15, 0.2) is 0 Å². The molecule has 0 spiro atoms. The molecule has 0 aliphatic rings. The monoisotopic (exact) mass is 318 g/mol. The van der Waals surface area contributed by atoms with Crippen molar-refractivity contribution in [2.24, 2.45) is 0 Å². The molecule has 0 bridgehead atoms. The summed E-state index contributed by atoms with van der Waals surface area (Å²) in [6.45, 7) is 0.186. The maximum Gasteiger partial charge on any atom is 0.307 e. The number of hydrogen-bond donors (Lipinski definition) is 0. The molecule has 0 fully saturated rings. The summed E-state index contributed by atoms with van der Waals surface area (Å²) in [6.07, 6.45) is 1.68. The molecule has 2 rings (SSSR count). The van der Waals surface area contributed by atoms with Gasteiger partial charge in [-0.05, 0) is 36.4 Å². The molecule has 1 aromatic carbocycles. The summed E-state index contributed by atoms with van der Waals surface area (Å²) in [6, 6.07) is 11.8. The molecule has 2 aromatic rings. The van der Waals surface area contributed by atoms with Crippen molar-refractivity contribution in [1.82, 2.24) is 4.98 Å². The second kappa shape index (κ2) is 7.56. The van der Waals surface area contributed by atoms with Crippen molar-refractivity contribution in [2.75, 3.05) is 18.6 Å². The number of pyridine rings is 1. The van der Waals surface area contributed by atoms with E-state index < -0.39 is 0 Å².